The molecule has 2 amide bonds. The van der Waals surface area contributed by atoms with Gasteiger partial charge in [0.1, 0.15) is 12.1 Å². The summed E-state index contributed by atoms with van der Waals surface area (Å²) in [4.78, 5) is 26.4. The van der Waals surface area contributed by atoms with E-state index in [1.54, 1.807) is 23.1 Å². The van der Waals surface area contributed by atoms with Gasteiger partial charge in [-0.25, -0.2) is 0 Å². The number of amides is 2. The fraction of sp³-hybridized carbons (Fsp3) is 0.467. The van der Waals surface area contributed by atoms with Crippen LogP contribution in [0.5, 0.6) is 0 Å². The van der Waals surface area contributed by atoms with Crippen LogP contribution < -0.4 is 10.2 Å². The van der Waals surface area contributed by atoms with Crippen LogP contribution in [-0.2, 0) is 9.59 Å². The van der Waals surface area contributed by atoms with Crippen molar-refractivity contribution in [2.45, 2.75) is 45.2 Å². The maximum absolute atomic E-state index is 12.6. The molecule has 2 unspecified atom stereocenters. The molecule has 0 aliphatic carbocycles. The van der Waals surface area contributed by atoms with Gasteiger partial charge in [0.05, 0.1) is 0 Å². The first kappa shape index (κ1) is 14.9. The van der Waals surface area contributed by atoms with Crippen molar-refractivity contribution in [3.63, 3.8) is 0 Å². The summed E-state index contributed by atoms with van der Waals surface area (Å²) in [5.41, 5.74) is 0.685. The molecular formula is C15H19ClN2O2. The molecular weight excluding hydrogens is 276 g/mol. The van der Waals surface area contributed by atoms with Gasteiger partial charge in [-0.2, -0.15) is 0 Å². The van der Waals surface area contributed by atoms with Crippen LogP contribution in [0.15, 0.2) is 24.3 Å². The topological polar surface area (TPSA) is 49.4 Å². The minimum absolute atomic E-state index is 0.0550. The first-order valence-corrected chi connectivity index (χ1v) is 7.35. The van der Waals surface area contributed by atoms with Crippen LogP contribution in [-0.4, -0.2) is 23.9 Å². The molecule has 2 atom stereocenters. The molecule has 5 heteroatoms. The molecule has 0 bridgehead atoms. The normalized spacial score (nSPS) is 22.9. The number of benzene rings is 1. The van der Waals surface area contributed by atoms with E-state index < -0.39 is 12.1 Å². The van der Waals surface area contributed by atoms with E-state index in [-0.39, 0.29) is 11.8 Å². The predicted octanol–water partition coefficient (Wildman–Crippen LogP) is 2.75. The second kappa shape index (κ2) is 6.27. The van der Waals surface area contributed by atoms with Crippen LogP contribution >= 0.6 is 11.6 Å². The standard InChI is InChI=1S/C15H19ClN2O2/c1-3-6-12-15(20)18(13(4-2)14(19)17-12)11-8-5-7-10(16)9-11/h5,7-9,12-13H,3-4,6H2,1-2H3,(H,17,19). The van der Waals surface area contributed by atoms with Crippen LogP contribution in [0.3, 0.4) is 0 Å². The summed E-state index contributed by atoms with van der Waals surface area (Å²) in [6.07, 6.45) is 2.07. The Morgan fingerprint density at radius 1 is 1.30 bits per heavy atom. The Morgan fingerprint density at radius 3 is 2.65 bits per heavy atom. The third kappa shape index (κ3) is 2.80. The van der Waals surface area contributed by atoms with Crippen molar-refractivity contribution in [3.8, 4) is 0 Å². The summed E-state index contributed by atoms with van der Waals surface area (Å²) < 4.78 is 0. The maximum atomic E-state index is 12.6. The molecule has 20 heavy (non-hydrogen) atoms. The summed E-state index contributed by atoms with van der Waals surface area (Å²) >= 11 is 6.00. The Bertz CT molecular complexity index is 518. The van der Waals surface area contributed by atoms with Crippen LogP contribution in [0.25, 0.3) is 0 Å². The summed E-state index contributed by atoms with van der Waals surface area (Å²) in [6.45, 7) is 3.89. The van der Waals surface area contributed by atoms with Crippen molar-refractivity contribution in [1.29, 1.82) is 0 Å². The fourth-order valence-corrected chi connectivity index (χ4v) is 2.74. The molecule has 108 valence electrons. The van der Waals surface area contributed by atoms with Gasteiger partial charge in [0.2, 0.25) is 11.8 Å². The molecule has 1 aromatic rings. The third-order valence-electron chi connectivity index (χ3n) is 3.52. The Hall–Kier alpha value is -1.55. The molecule has 0 spiro atoms. The van der Waals surface area contributed by atoms with Crippen molar-refractivity contribution in [1.82, 2.24) is 5.32 Å². The molecule has 0 radical (unpaired) electrons. The smallest absolute Gasteiger partial charge is 0.250 e. The number of hydrogen-bond donors (Lipinski definition) is 1. The van der Waals surface area contributed by atoms with Crippen molar-refractivity contribution < 1.29 is 9.59 Å². The Labute approximate surface area is 124 Å². The average Bonchev–Trinajstić information content (AvgIpc) is 2.42. The largest absolute Gasteiger partial charge is 0.342 e. The SMILES string of the molecule is CCCC1NC(=O)C(CC)N(c2cccc(Cl)c2)C1=O. The van der Waals surface area contributed by atoms with Gasteiger partial charge in [0.25, 0.3) is 0 Å². The van der Waals surface area contributed by atoms with E-state index in [4.69, 9.17) is 11.6 Å². The van der Waals surface area contributed by atoms with E-state index in [1.165, 1.54) is 0 Å². The number of halogens is 1. The van der Waals surface area contributed by atoms with Gasteiger partial charge in [0, 0.05) is 10.7 Å². The number of nitrogens with one attached hydrogen (secondary N) is 1. The number of anilines is 1. The molecule has 4 nitrogen and oxygen atoms in total. The lowest BCUT2D eigenvalue weighted by Crippen LogP contribution is -2.63. The highest BCUT2D eigenvalue weighted by Crippen LogP contribution is 2.26. The van der Waals surface area contributed by atoms with Gasteiger partial charge in [-0.1, -0.05) is 37.9 Å². The van der Waals surface area contributed by atoms with Gasteiger partial charge in [-0.3, -0.25) is 14.5 Å². The van der Waals surface area contributed by atoms with Gasteiger partial charge in [-0.15, -0.1) is 0 Å². The second-order valence-corrected chi connectivity index (χ2v) is 5.40. The quantitative estimate of drug-likeness (QED) is 0.928. The Morgan fingerprint density at radius 2 is 2.05 bits per heavy atom. The molecule has 0 aromatic heterocycles. The molecule has 1 N–H and O–H groups in total. The highest BCUT2D eigenvalue weighted by Gasteiger charge is 2.39. The minimum atomic E-state index is -0.464. The first-order valence-electron chi connectivity index (χ1n) is 6.97. The highest BCUT2D eigenvalue weighted by atomic mass is 35.5. The summed E-state index contributed by atoms with van der Waals surface area (Å²) in [5, 5.41) is 3.38. The third-order valence-corrected chi connectivity index (χ3v) is 3.75. The van der Waals surface area contributed by atoms with E-state index in [0.29, 0.717) is 23.6 Å². The van der Waals surface area contributed by atoms with Gasteiger partial charge in [-0.05, 0) is 31.0 Å². The summed E-state index contributed by atoms with van der Waals surface area (Å²) in [6, 6.07) is 6.18. The van der Waals surface area contributed by atoms with Crippen molar-refractivity contribution in [2.75, 3.05) is 4.90 Å². The van der Waals surface area contributed by atoms with Crippen molar-refractivity contribution in [3.05, 3.63) is 29.3 Å². The monoisotopic (exact) mass is 294 g/mol. The number of carbonyl (C=O) groups is 2. The van der Waals surface area contributed by atoms with Crippen LogP contribution in [0, 0.1) is 0 Å². The lowest BCUT2D eigenvalue weighted by Gasteiger charge is -2.38. The van der Waals surface area contributed by atoms with E-state index in [0.717, 1.165) is 6.42 Å². The van der Waals surface area contributed by atoms with E-state index in [1.807, 2.05) is 19.9 Å². The van der Waals surface area contributed by atoms with Crippen molar-refractivity contribution in [2.24, 2.45) is 0 Å². The molecule has 1 heterocycles. The number of hydrogen-bond acceptors (Lipinski definition) is 2. The zero-order valence-electron chi connectivity index (χ0n) is 11.7. The van der Waals surface area contributed by atoms with Crippen LogP contribution in [0.2, 0.25) is 5.02 Å². The molecule has 1 aliphatic heterocycles. The second-order valence-electron chi connectivity index (χ2n) is 4.96. The lowest BCUT2D eigenvalue weighted by atomic mass is 10.0. The Kier molecular flexibility index (Phi) is 4.65. The number of carbonyl (C=O) groups excluding carboxylic acids is 2. The van der Waals surface area contributed by atoms with E-state index in [2.05, 4.69) is 5.32 Å². The molecule has 1 saturated heterocycles. The lowest BCUT2D eigenvalue weighted by molar-refractivity contribution is -0.134. The van der Waals surface area contributed by atoms with E-state index in [9.17, 15) is 9.59 Å². The maximum Gasteiger partial charge on any atom is 0.250 e. The zero-order chi connectivity index (χ0) is 14.7. The molecule has 2 rings (SSSR count). The van der Waals surface area contributed by atoms with Gasteiger partial charge in [0.15, 0.2) is 0 Å². The molecule has 0 saturated carbocycles. The fourth-order valence-electron chi connectivity index (χ4n) is 2.55. The zero-order valence-corrected chi connectivity index (χ0v) is 12.5. The van der Waals surface area contributed by atoms with Crippen molar-refractivity contribution >= 4 is 29.1 Å². The number of rotatable bonds is 4. The average molecular weight is 295 g/mol. The highest BCUT2D eigenvalue weighted by molar-refractivity contribution is 6.31. The minimum Gasteiger partial charge on any atom is -0.342 e. The van der Waals surface area contributed by atoms with Gasteiger partial charge < -0.3 is 5.32 Å². The van der Waals surface area contributed by atoms with Crippen LogP contribution in [0.4, 0.5) is 5.69 Å². The Balaban J connectivity index is 2.38. The van der Waals surface area contributed by atoms with Gasteiger partial charge >= 0.3 is 0 Å². The molecule has 1 aromatic carbocycles. The number of nitrogens with zero attached hydrogens (tertiary/aromatic N) is 1. The number of piperazine rings is 1. The van der Waals surface area contributed by atoms with Crippen LogP contribution in [0.1, 0.15) is 33.1 Å². The molecule has 1 aliphatic rings. The first-order chi connectivity index (χ1) is 9.58. The predicted molar refractivity (Wildman–Crippen MR) is 79.9 cm³/mol. The van der Waals surface area contributed by atoms with E-state index >= 15 is 0 Å². The summed E-state index contributed by atoms with van der Waals surface area (Å²) in [5.74, 6) is -0.147. The summed E-state index contributed by atoms with van der Waals surface area (Å²) in [7, 11) is 0. The molecule has 1 fully saturated rings.